The minimum Gasteiger partial charge on any atom is -0.468 e. The van der Waals surface area contributed by atoms with Crippen LogP contribution in [0, 0.1) is 5.92 Å². The molecule has 0 aliphatic carbocycles. The summed E-state index contributed by atoms with van der Waals surface area (Å²) in [7, 11) is 0. The molecule has 0 bridgehead atoms. The van der Waals surface area contributed by atoms with Crippen molar-refractivity contribution in [1.82, 2.24) is 15.1 Å². The summed E-state index contributed by atoms with van der Waals surface area (Å²) >= 11 is 0. The molecule has 152 valence electrons. The molecule has 2 unspecified atom stereocenters. The van der Waals surface area contributed by atoms with Gasteiger partial charge in [-0.1, -0.05) is 26.7 Å². The monoisotopic (exact) mass is 377 g/mol. The van der Waals surface area contributed by atoms with Crippen molar-refractivity contribution >= 4 is 5.91 Å². The second-order valence-corrected chi connectivity index (χ2v) is 8.30. The van der Waals surface area contributed by atoms with Gasteiger partial charge in [0.25, 0.3) is 0 Å². The van der Waals surface area contributed by atoms with Gasteiger partial charge in [-0.15, -0.1) is 0 Å². The largest absolute Gasteiger partial charge is 0.468 e. The molecular formula is C21H35N3O3. The number of furan rings is 1. The fourth-order valence-electron chi connectivity index (χ4n) is 4.21. The van der Waals surface area contributed by atoms with Crippen molar-refractivity contribution in [1.29, 1.82) is 0 Å². The summed E-state index contributed by atoms with van der Waals surface area (Å²) in [6, 6.07) is 4.17. The molecule has 27 heavy (non-hydrogen) atoms. The van der Waals surface area contributed by atoms with Gasteiger partial charge in [0, 0.05) is 26.2 Å². The van der Waals surface area contributed by atoms with Crippen molar-refractivity contribution in [3.63, 3.8) is 0 Å². The summed E-state index contributed by atoms with van der Waals surface area (Å²) < 4.78 is 11.5. The van der Waals surface area contributed by atoms with Crippen LogP contribution in [0.4, 0.5) is 0 Å². The van der Waals surface area contributed by atoms with Gasteiger partial charge in [0.1, 0.15) is 5.76 Å². The molecule has 0 radical (unpaired) electrons. The van der Waals surface area contributed by atoms with Crippen LogP contribution in [0.15, 0.2) is 22.8 Å². The molecule has 0 aromatic carbocycles. The fourth-order valence-corrected chi connectivity index (χ4v) is 4.21. The van der Waals surface area contributed by atoms with Crippen LogP contribution in [-0.2, 0) is 9.53 Å². The van der Waals surface area contributed by atoms with E-state index in [4.69, 9.17) is 9.15 Å². The quantitative estimate of drug-likeness (QED) is 0.792. The Kier molecular flexibility index (Phi) is 7.73. The van der Waals surface area contributed by atoms with Crippen LogP contribution in [-0.4, -0.2) is 67.7 Å². The van der Waals surface area contributed by atoms with Gasteiger partial charge in [0.05, 0.1) is 31.6 Å². The number of nitrogens with one attached hydrogen (secondary N) is 1. The molecule has 2 atom stereocenters. The zero-order valence-corrected chi connectivity index (χ0v) is 16.9. The Morgan fingerprint density at radius 1 is 1.30 bits per heavy atom. The van der Waals surface area contributed by atoms with Crippen molar-refractivity contribution in [2.24, 2.45) is 5.92 Å². The summed E-state index contributed by atoms with van der Waals surface area (Å²) in [5.74, 6) is 1.71. The standard InChI is InChI=1S/C21H35N3O3/c1-17(2)14-23-10-12-26-18(15-23)13-22-21(25)16-24-9-5-3-4-7-19(24)20-8-6-11-27-20/h6,8,11,17-19H,3-5,7,9-10,12-16H2,1-2H3,(H,22,25). The van der Waals surface area contributed by atoms with Crippen LogP contribution >= 0.6 is 0 Å². The zero-order chi connectivity index (χ0) is 19.1. The Hall–Kier alpha value is -1.37. The highest BCUT2D eigenvalue weighted by Gasteiger charge is 2.27. The lowest BCUT2D eigenvalue weighted by Crippen LogP contribution is -2.49. The first-order valence-electron chi connectivity index (χ1n) is 10.5. The summed E-state index contributed by atoms with van der Waals surface area (Å²) in [6.45, 7) is 10.2. The summed E-state index contributed by atoms with van der Waals surface area (Å²) in [4.78, 5) is 17.3. The van der Waals surface area contributed by atoms with E-state index in [1.165, 1.54) is 12.8 Å². The fraction of sp³-hybridized carbons (Fsp3) is 0.762. The highest BCUT2D eigenvalue weighted by molar-refractivity contribution is 5.78. The van der Waals surface area contributed by atoms with E-state index in [2.05, 4.69) is 29.0 Å². The second-order valence-electron chi connectivity index (χ2n) is 8.30. The van der Waals surface area contributed by atoms with E-state index in [0.717, 1.165) is 51.4 Å². The molecule has 1 amide bonds. The Bertz CT molecular complexity index is 561. The number of ether oxygens (including phenoxy) is 1. The Balaban J connectivity index is 1.47. The molecule has 3 rings (SSSR count). The molecule has 2 fully saturated rings. The Morgan fingerprint density at radius 2 is 2.19 bits per heavy atom. The van der Waals surface area contributed by atoms with Crippen molar-refractivity contribution in [2.45, 2.75) is 51.7 Å². The highest BCUT2D eigenvalue weighted by atomic mass is 16.5. The first-order chi connectivity index (χ1) is 13.1. The van der Waals surface area contributed by atoms with Gasteiger partial charge in [0.2, 0.25) is 5.91 Å². The maximum Gasteiger partial charge on any atom is 0.234 e. The van der Waals surface area contributed by atoms with E-state index in [-0.39, 0.29) is 18.1 Å². The van der Waals surface area contributed by atoms with Crippen molar-refractivity contribution in [2.75, 3.05) is 45.9 Å². The normalized spacial score (nSPS) is 25.4. The average molecular weight is 378 g/mol. The predicted octanol–water partition coefficient (Wildman–Crippen LogP) is 2.67. The number of carbonyl (C=O) groups excluding carboxylic acids is 1. The van der Waals surface area contributed by atoms with Crippen LogP contribution in [0.2, 0.25) is 0 Å². The van der Waals surface area contributed by atoms with Gasteiger partial charge in [-0.2, -0.15) is 0 Å². The predicted molar refractivity (Wildman–Crippen MR) is 106 cm³/mol. The van der Waals surface area contributed by atoms with Crippen LogP contribution < -0.4 is 5.32 Å². The molecule has 1 aromatic rings. The summed E-state index contributed by atoms with van der Waals surface area (Å²) in [5, 5.41) is 3.10. The first kappa shape index (κ1) is 20.4. The molecule has 0 spiro atoms. The third-order valence-corrected chi connectivity index (χ3v) is 5.46. The summed E-state index contributed by atoms with van der Waals surface area (Å²) in [6.07, 6.45) is 6.41. The number of hydrogen-bond donors (Lipinski definition) is 1. The minimum absolute atomic E-state index is 0.0815. The number of nitrogens with zero attached hydrogens (tertiary/aromatic N) is 2. The number of amides is 1. The lowest BCUT2D eigenvalue weighted by atomic mass is 10.1. The molecule has 2 aliphatic rings. The number of likely N-dealkylation sites (tertiary alicyclic amines) is 1. The number of hydrogen-bond acceptors (Lipinski definition) is 5. The molecule has 1 aromatic heterocycles. The SMILES string of the molecule is CC(C)CN1CCOC(CNC(=O)CN2CCCCCC2c2ccco2)C1. The molecule has 6 nitrogen and oxygen atoms in total. The number of rotatable bonds is 7. The van der Waals surface area contributed by atoms with Crippen molar-refractivity contribution < 1.29 is 13.9 Å². The van der Waals surface area contributed by atoms with Crippen molar-refractivity contribution in [3.05, 3.63) is 24.2 Å². The van der Waals surface area contributed by atoms with Crippen molar-refractivity contribution in [3.8, 4) is 0 Å². The van der Waals surface area contributed by atoms with Crippen LogP contribution in [0.3, 0.4) is 0 Å². The van der Waals surface area contributed by atoms with Crippen LogP contribution in [0.25, 0.3) is 0 Å². The van der Waals surface area contributed by atoms with E-state index in [9.17, 15) is 4.79 Å². The van der Waals surface area contributed by atoms with E-state index in [1.807, 2.05) is 12.1 Å². The lowest BCUT2D eigenvalue weighted by Gasteiger charge is -2.34. The van der Waals surface area contributed by atoms with Crippen LogP contribution in [0.1, 0.15) is 51.3 Å². The Labute approximate surface area is 163 Å². The molecule has 2 saturated heterocycles. The van der Waals surface area contributed by atoms with Gasteiger partial charge in [-0.25, -0.2) is 0 Å². The smallest absolute Gasteiger partial charge is 0.234 e. The first-order valence-corrected chi connectivity index (χ1v) is 10.5. The third kappa shape index (κ3) is 6.33. The number of morpholine rings is 1. The van der Waals surface area contributed by atoms with Crippen LogP contribution in [0.5, 0.6) is 0 Å². The van der Waals surface area contributed by atoms with Gasteiger partial charge in [-0.05, 0) is 37.4 Å². The molecule has 6 heteroatoms. The maximum absolute atomic E-state index is 12.6. The van der Waals surface area contributed by atoms with E-state index >= 15 is 0 Å². The maximum atomic E-state index is 12.6. The van der Waals surface area contributed by atoms with Gasteiger partial charge in [-0.3, -0.25) is 14.6 Å². The van der Waals surface area contributed by atoms with Gasteiger partial charge in [0.15, 0.2) is 0 Å². The molecule has 0 saturated carbocycles. The van der Waals surface area contributed by atoms with Gasteiger partial charge < -0.3 is 14.5 Å². The lowest BCUT2D eigenvalue weighted by molar-refractivity contribution is -0.124. The minimum atomic E-state index is 0.0815. The van der Waals surface area contributed by atoms with E-state index in [1.54, 1.807) is 6.26 Å². The zero-order valence-electron chi connectivity index (χ0n) is 16.9. The highest BCUT2D eigenvalue weighted by Crippen LogP contribution is 2.30. The molecule has 1 N–H and O–H groups in total. The molecular weight excluding hydrogens is 342 g/mol. The second kappa shape index (κ2) is 10.2. The Morgan fingerprint density at radius 3 is 2.96 bits per heavy atom. The van der Waals surface area contributed by atoms with Gasteiger partial charge >= 0.3 is 0 Å². The topological polar surface area (TPSA) is 58.0 Å². The third-order valence-electron chi connectivity index (χ3n) is 5.46. The van der Waals surface area contributed by atoms with E-state index < -0.39 is 0 Å². The summed E-state index contributed by atoms with van der Waals surface area (Å²) in [5.41, 5.74) is 0. The molecule has 3 heterocycles. The average Bonchev–Trinajstić information content (AvgIpc) is 3.07. The number of carbonyl (C=O) groups is 1. The molecule has 2 aliphatic heterocycles. The van der Waals surface area contributed by atoms with E-state index in [0.29, 0.717) is 19.0 Å².